The van der Waals surface area contributed by atoms with Crippen LogP contribution in [0.2, 0.25) is 0 Å². The van der Waals surface area contributed by atoms with E-state index >= 15 is 0 Å². The maximum atomic E-state index is 6.48. The van der Waals surface area contributed by atoms with Gasteiger partial charge in [-0.1, -0.05) is 109 Å². The van der Waals surface area contributed by atoms with E-state index in [0.29, 0.717) is 11.5 Å². The summed E-state index contributed by atoms with van der Waals surface area (Å²) < 4.78 is 10.7. The predicted molar refractivity (Wildman–Crippen MR) is 196 cm³/mol. The number of fused-ring (bicyclic) bond motifs is 3. The van der Waals surface area contributed by atoms with Crippen LogP contribution in [0.15, 0.2) is 109 Å². The van der Waals surface area contributed by atoms with E-state index in [9.17, 15) is 0 Å². The van der Waals surface area contributed by atoms with Gasteiger partial charge in [-0.15, -0.1) is 35.7 Å². The summed E-state index contributed by atoms with van der Waals surface area (Å²) in [6.07, 6.45) is 1.91. The van der Waals surface area contributed by atoms with Gasteiger partial charge in [0.2, 0.25) is 0 Å². The molecule has 0 saturated carbocycles. The van der Waals surface area contributed by atoms with Gasteiger partial charge in [-0.25, -0.2) is 4.98 Å². The Morgan fingerprint density at radius 2 is 1.35 bits per heavy atom. The van der Waals surface area contributed by atoms with Gasteiger partial charge in [0.05, 0.1) is 5.69 Å². The van der Waals surface area contributed by atoms with Crippen molar-refractivity contribution in [1.82, 2.24) is 19.3 Å². The molecule has 0 aliphatic carbocycles. The molecular formula is C43H42N4OPt. The van der Waals surface area contributed by atoms with E-state index in [1.54, 1.807) is 0 Å². The van der Waals surface area contributed by atoms with Gasteiger partial charge < -0.3 is 9.30 Å². The second-order valence-corrected chi connectivity index (χ2v) is 15.2. The second-order valence-electron chi connectivity index (χ2n) is 15.2. The van der Waals surface area contributed by atoms with Crippen LogP contribution in [0.25, 0.3) is 33.3 Å². The Morgan fingerprint density at radius 1 is 0.633 bits per heavy atom. The number of hydrogen-bond donors (Lipinski definition) is 0. The Balaban J connectivity index is 0.00000417. The molecule has 0 saturated heterocycles. The van der Waals surface area contributed by atoms with Crippen molar-refractivity contribution in [3.8, 4) is 23.0 Å². The normalized spacial score (nSPS) is 12.3. The summed E-state index contributed by atoms with van der Waals surface area (Å²) in [5.41, 5.74) is 7.05. The fraction of sp³-hybridized carbons (Fsp3) is 0.256. The third-order valence-electron chi connectivity index (χ3n) is 9.20. The SMILES string of the molecule is CC(C)(C)c1cc(C(C)(C)C)n(-c2[c-]c(Oc3[c-]c4c(cc3)c3ccccc3n4-c3cc(C(C)(C)c4ccccc4)ccn3)ccc2)n1.[Pt+2]. The maximum Gasteiger partial charge on any atom is 2.00 e. The van der Waals surface area contributed by atoms with Crippen molar-refractivity contribution in [1.29, 1.82) is 0 Å². The van der Waals surface area contributed by atoms with Crippen molar-refractivity contribution in [3.05, 3.63) is 144 Å². The van der Waals surface area contributed by atoms with Gasteiger partial charge >= 0.3 is 21.1 Å². The van der Waals surface area contributed by atoms with Gasteiger partial charge in [-0.3, -0.25) is 4.68 Å². The monoisotopic (exact) mass is 825 g/mol. The molecule has 0 N–H and O–H groups in total. The molecular weight excluding hydrogens is 784 g/mol. The number of aromatic nitrogens is 4. The molecule has 0 aliphatic rings. The van der Waals surface area contributed by atoms with Crippen molar-refractivity contribution >= 4 is 21.8 Å². The molecule has 0 fully saturated rings. The number of benzene rings is 4. The molecule has 0 radical (unpaired) electrons. The summed E-state index contributed by atoms with van der Waals surface area (Å²) in [6, 6.07) is 42.7. The van der Waals surface area contributed by atoms with Gasteiger partial charge in [0.1, 0.15) is 5.82 Å². The minimum Gasteiger partial charge on any atom is -0.509 e. The summed E-state index contributed by atoms with van der Waals surface area (Å²) in [6.45, 7) is 17.7. The predicted octanol–water partition coefficient (Wildman–Crippen LogP) is 10.7. The first-order chi connectivity index (χ1) is 22.8. The average Bonchev–Trinajstić information content (AvgIpc) is 3.67. The van der Waals surface area contributed by atoms with Crippen molar-refractivity contribution in [2.75, 3.05) is 0 Å². The van der Waals surface area contributed by atoms with Gasteiger partial charge in [0, 0.05) is 45.2 Å². The molecule has 0 spiro atoms. The topological polar surface area (TPSA) is 44.9 Å². The number of pyridine rings is 1. The second kappa shape index (κ2) is 12.8. The quantitative estimate of drug-likeness (QED) is 0.157. The molecule has 7 aromatic rings. The Bertz CT molecular complexity index is 2270. The van der Waals surface area contributed by atoms with Crippen molar-refractivity contribution < 1.29 is 25.8 Å². The Hall–Kier alpha value is -4.47. The molecule has 7 rings (SSSR count). The van der Waals surface area contributed by atoms with Crippen LogP contribution >= 0.6 is 0 Å². The van der Waals surface area contributed by atoms with Gasteiger partial charge in [-0.2, -0.15) is 17.2 Å². The van der Waals surface area contributed by atoms with Crippen LogP contribution in [0.4, 0.5) is 0 Å². The van der Waals surface area contributed by atoms with Crippen LogP contribution in [-0.4, -0.2) is 19.3 Å². The third kappa shape index (κ3) is 6.49. The maximum absolute atomic E-state index is 6.48. The van der Waals surface area contributed by atoms with Crippen LogP contribution < -0.4 is 4.74 Å². The molecule has 5 nitrogen and oxygen atoms in total. The van der Waals surface area contributed by atoms with E-state index in [0.717, 1.165) is 44.7 Å². The smallest absolute Gasteiger partial charge is 0.509 e. The van der Waals surface area contributed by atoms with E-state index in [4.69, 9.17) is 14.8 Å². The summed E-state index contributed by atoms with van der Waals surface area (Å²) >= 11 is 0. The molecule has 0 unspecified atom stereocenters. The zero-order valence-electron chi connectivity index (χ0n) is 29.4. The van der Waals surface area contributed by atoms with Crippen LogP contribution in [0.1, 0.15) is 77.9 Å². The van der Waals surface area contributed by atoms with Crippen LogP contribution in [0, 0.1) is 12.1 Å². The van der Waals surface area contributed by atoms with Crippen molar-refractivity contribution in [2.24, 2.45) is 0 Å². The number of hydrogen-bond acceptors (Lipinski definition) is 3. The van der Waals surface area contributed by atoms with Crippen molar-refractivity contribution in [2.45, 2.75) is 71.6 Å². The summed E-state index contributed by atoms with van der Waals surface area (Å²) in [7, 11) is 0. The Labute approximate surface area is 304 Å². The summed E-state index contributed by atoms with van der Waals surface area (Å²) in [5, 5.41) is 7.26. The third-order valence-corrected chi connectivity index (χ3v) is 9.20. The van der Waals surface area contributed by atoms with E-state index < -0.39 is 0 Å². The number of nitrogens with zero attached hydrogens (tertiary/aromatic N) is 4. The summed E-state index contributed by atoms with van der Waals surface area (Å²) in [4.78, 5) is 4.88. The average molecular weight is 826 g/mol. The van der Waals surface area contributed by atoms with E-state index in [-0.39, 0.29) is 37.3 Å². The van der Waals surface area contributed by atoms with Gasteiger partial charge in [0.15, 0.2) is 0 Å². The van der Waals surface area contributed by atoms with E-state index in [2.05, 4.69) is 151 Å². The summed E-state index contributed by atoms with van der Waals surface area (Å²) in [5.74, 6) is 2.04. The van der Waals surface area contributed by atoms with E-state index in [1.165, 1.54) is 11.1 Å². The van der Waals surface area contributed by atoms with Crippen LogP contribution in [0.5, 0.6) is 11.5 Å². The zero-order valence-corrected chi connectivity index (χ0v) is 31.7. The Morgan fingerprint density at radius 3 is 2.08 bits per heavy atom. The first-order valence-corrected chi connectivity index (χ1v) is 16.6. The minimum absolute atomic E-state index is 0. The molecule has 0 amide bonds. The van der Waals surface area contributed by atoms with E-state index in [1.807, 2.05) is 35.1 Å². The van der Waals surface area contributed by atoms with Crippen LogP contribution in [0.3, 0.4) is 0 Å². The first-order valence-electron chi connectivity index (χ1n) is 16.6. The largest absolute Gasteiger partial charge is 2.00 e. The Kier molecular flexibility index (Phi) is 8.96. The molecule has 0 bridgehead atoms. The molecule has 4 aromatic carbocycles. The first kappa shape index (κ1) is 34.4. The molecule has 6 heteroatoms. The number of ether oxygens (including phenoxy) is 1. The standard InChI is InChI=1S/C43H42N4O.Pt/c1-41(2,3)38-28-39(42(4,5)6)47(45-38)31-17-14-18-32(26-31)48-33-21-22-35-34-19-12-13-20-36(34)46(37(35)27-33)40-25-30(23-24-44-40)43(7,8)29-15-10-9-11-16-29;/h9-25,28H,1-8H3;/q-2;+2. The number of para-hydroxylation sites is 1. The van der Waals surface area contributed by atoms with Gasteiger partial charge in [-0.05, 0) is 46.5 Å². The molecule has 250 valence electrons. The molecule has 3 aromatic heterocycles. The fourth-order valence-corrected chi connectivity index (χ4v) is 6.33. The van der Waals surface area contributed by atoms with Crippen molar-refractivity contribution in [3.63, 3.8) is 0 Å². The molecule has 3 heterocycles. The van der Waals surface area contributed by atoms with Gasteiger partial charge in [0.25, 0.3) is 0 Å². The molecule has 0 aliphatic heterocycles. The zero-order chi connectivity index (χ0) is 33.8. The minimum atomic E-state index is -0.203. The van der Waals surface area contributed by atoms with Crippen LogP contribution in [-0.2, 0) is 37.3 Å². The molecule has 0 atom stereocenters. The molecule has 49 heavy (non-hydrogen) atoms. The number of rotatable bonds is 6. The fourth-order valence-electron chi connectivity index (χ4n) is 6.33.